The molecular weight excluding hydrogens is 238 g/mol. The minimum absolute atomic E-state index is 0.273. The molecule has 0 aromatic heterocycles. The van der Waals surface area contributed by atoms with E-state index in [-0.39, 0.29) is 10.0 Å². The molecule has 1 heterocycles. The van der Waals surface area contributed by atoms with E-state index in [9.17, 15) is 4.39 Å². The summed E-state index contributed by atoms with van der Waals surface area (Å²) in [7, 11) is 0. The van der Waals surface area contributed by atoms with Gasteiger partial charge in [0.2, 0.25) is 0 Å². The zero-order valence-electron chi connectivity index (χ0n) is 7.86. The second-order valence-electron chi connectivity index (χ2n) is 3.30. The summed E-state index contributed by atoms with van der Waals surface area (Å²) in [5.41, 5.74) is 0.528. The summed E-state index contributed by atoms with van der Waals surface area (Å²) in [6.07, 6.45) is 1.91. The van der Waals surface area contributed by atoms with Crippen molar-refractivity contribution >= 4 is 34.7 Å². The number of rotatable bonds is 1. The Hall–Kier alpha value is -0.800. The molecule has 2 nitrogen and oxygen atoms in total. The highest BCUT2D eigenvalue weighted by Crippen LogP contribution is 2.31. The molecule has 1 N–H and O–H groups in total. The lowest BCUT2D eigenvalue weighted by molar-refractivity contribution is 0.628. The number of hydrogen-bond acceptors (Lipinski definition) is 2. The van der Waals surface area contributed by atoms with Gasteiger partial charge in [0.05, 0.1) is 15.7 Å². The molecule has 1 aliphatic rings. The molecule has 0 saturated heterocycles. The van der Waals surface area contributed by atoms with Crippen LogP contribution in [0.25, 0.3) is 0 Å². The Morgan fingerprint density at radius 2 is 1.93 bits per heavy atom. The maximum Gasteiger partial charge on any atom is 0.126 e. The Morgan fingerprint density at radius 3 is 2.47 bits per heavy atom. The van der Waals surface area contributed by atoms with E-state index in [4.69, 9.17) is 23.2 Å². The topological polar surface area (TPSA) is 24.4 Å². The third-order valence-electron chi connectivity index (χ3n) is 2.15. The van der Waals surface area contributed by atoms with Gasteiger partial charge in [0.25, 0.3) is 0 Å². The number of halogens is 3. The number of aliphatic imine (C=N–C) groups is 1. The summed E-state index contributed by atoms with van der Waals surface area (Å²) >= 11 is 11.7. The van der Waals surface area contributed by atoms with Gasteiger partial charge in [-0.25, -0.2) is 4.39 Å². The molecule has 2 rings (SSSR count). The standard InChI is InChI=1S/C10H9Cl2FN2/c11-7-4-6(13)5-8(12)10(7)15-9-2-1-3-14-9/h4-5H,1-3H2,(H,14,15). The van der Waals surface area contributed by atoms with Gasteiger partial charge in [0.1, 0.15) is 11.7 Å². The highest BCUT2D eigenvalue weighted by Gasteiger charge is 2.12. The number of hydrogen-bond donors (Lipinski definition) is 1. The zero-order chi connectivity index (χ0) is 10.8. The van der Waals surface area contributed by atoms with Gasteiger partial charge in [-0.3, -0.25) is 4.99 Å². The van der Waals surface area contributed by atoms with Crippen LogP contribution in [0, 0.1) is 5.82 Å². The third-order valence-corrected chi connectivity index (χ3v) is 2.75. The molecule has 0 fully saturated rings. The molecule has 1 aliphatic heterocycles. The molecule has 5 heteroatoms. The number of benzene rings is 1. The molecule has 0 aliphatic carbocycles. The van der Waals surface area contributed by atoms with Crippen LogP contribution in [0.5, 0.6) is 0 Å². The van der Waals surface area contributed by atoms with Gasteiger partial charge < -0.3 is 5.32 Å². The van der Waals surface area contributed by atoms with Crippen LogP contribution < -0.4 is 5.32 Å². The Kier molecular flexibility index (Phi) is 3.12. The molecule has 0 unspecified atom stereocenters. The monoisotopic (exact) mass is 246 g/mol. The minimum Gasteiger partial charge on any atom is -0.342 e. The molecule has 0 bridgehead atoms. The van der Waals surface area contributed by atoms with Gasteiger partial charge in [-0.05, 0) is 18.6 Å². The first-order valence-electron chi connectivity index (χ1n) is 4.62. The van der Waals surface area contributed by atoms with Gasteiger partial charge in [-0.15, -0.1) is 0 Å². The maximum absolute atomic E-state index is 12.9. The van der Waals surface area contributed by atoms with Crippen LogP contribution in [0.3, 0.4) is 0 Å². The van der Waals surface area contributed by atoms with Crippen molar-refractivity contribution in [2.45, 2.75) is 12.8 Å². The van der Waals surface area contributed by atoms with E-state index in [2.05, 4.69) is 10.3 Å². The highest BCUT2D eigenvalue weighted by atomic mass is 35.5. The van der Waals surface area contributed by atoms with E-state index in [0.29, 0.717) is 5.69 Å². The van der Waals surface area contributed by atoms with Crippen molar-refractivity contribution in [1.29, 1.82) is 0 Å². The smallest absolute Gasteiger partial charge is 0.126 e. The van der Waals surface area contributed by atoms with Crippen molar-refractivity contribution in [3.8, 4) is 0 Å². The van der Waals surface area contributed by atoms with Crippen LogP contribution in [0.15, 0.2) is 17.1 Å². The summed E-state index contributed by atoms with van der Waals surface area (Å²) in [5, 5.41) is 3.57. The summed E-state index contributed by atoms with van der Waals surface area (Å²) in [5.74, 6) is 0.411. The minimum atomic E-state index is -0.441. The quantitative estimate of drug-likeness (QED) is 0.803. The summed E-state index contributed by atoms with van der Waals surface area (Å²) in [6, 6.07) is 2.45. The molecule has 80 valence electrons. The average Bonchev–Trinajstić information content (AvgIpc) is 2.63. The van der Waals surface area contributed by atoms with Gasteiger partial charge in [0, 0.05) is 13.0 Å². The molecule has 15 heavy (non-hydrogen) atoms. The fourth-order valence-electron chi connectivity index (χ4n) is 1.45. The van der Waals surface area contributed by atoms with Crippen molar-refractivity contribution in [3.05, 3.63) is 28.0 Å². The third kappa shape index (κ3) is 2.41. The van der Waals surface area contributed by atoms with Crippen LogP contribution >= 0.6 is 23.2 Å². The van der Waals surface area contributed by atoms with Gasteiger partial charge >= 0.3 is 0 Å². The number of nitrogens with zero attached hydrogens (tertiary/aromatic N) is 1. The highest BCUT2D eigenvalue weighted by molar-refractivity contribution is 6.39. The summed E-state index contributed by atoms with van der Waals surface area (Å²) < 4.78 is 12.9. The van der Waals surface area contributed by atoms with E-state index < -0.39 is 5.82 Å². The lowest BCUT2D eigenvalue weighted by Gasteiger charge is -2.09. The predicted molar refractivity (Wildman–Crippen MR) is 61.6 cm³/mol. The lowest BCUT2D eigenvalue weighted by atomic mass is 10.3. The summed E-state index contributed by atoms with van der Waals surface area (Å²) in [6.45, 7) is 0.818. The van der Waals surface area contributed by atoms with Crippen LogP contribution in [0.2, 0.25) is 10.0 Å². The second kappa shape index (κ2) is 4.37. The molecule has 0 amide bonds. The lowest BCUT2D eigenvalue weighted by Crippen LogP contribution is -2.09. The molecule has 1 aromatic carbocycles. The van der Waals surface area contributed by atoms with E-state index in [1.54, 1.807) is 0 Å². The van der Waals surface area contributed by atoms with Crippen molar-refractivity contribution in [3.63, 3.8) is 0 Å². The normalized spacial score (nSPS) is 15.3. The Balaban J connectivity index is 2.27. The Bertz CT molecular complexity index is 395. The summed E-state index contributed by atoms with van der Waals surface area (Å²) in [4.78, 5) is 4.23. The van der Waals surface area contributed by atoms with Gasteiger partial charge in [-0.1, -0.05) is 23.2 Å². The molecular formula is C10H9Cl2FN2. The molecule has 0 atom stereocenters. The second-order valence-corrected chi connectivity index (χ2v) is 4.12. The largest absolute Gasteiger partial charge is 0.342 e. The number of amidine groups is 1. The van der Waals surface area contributed by atoms with Crippen molar-refractivity contribution in [2.24, 2.45) is 4.99 Å². The van der Waals surface area contributed by atoms with Crippen LogP contribution in [-0.2, 0) is 0 Å². The van der Waals surface area contributed by atoms with Crippen molar-refractivity contribution in [1.82, 2.24) is 0 Å². The fourth-order valence-corrected chi connectivity index (χ4v) is 2.00. The predicted octanol–water partition coefficient (Wildman–Crippen LogP) is 3.74. The van der Waals surface area contributed by atoms with E-state index in [0.717, 1.165) is 25.2 Å². The maximum atomic E-state index is 12.9. The first-order chi connectivity index (χ1) is 7.16. The molecule has 1 aromatic rings. The van der Waals surface area contributed by atoms with Crippen LogP contribution in [0.1, 0.15) is 12.8 Å². The number of nitrogens with one attached hydrogen (secondary N) is 1. The first-order valence-corrected chi connectivity index (χ1v) is 5.37. The molecule has 0 saturated carbocycles. The van der Waals surface area contributed by atoms with Crippen molar-refractivity contribution < 1.29 is 4.39 Å². The van der Waals surface area contributed by atoms with E-state index >= 15 is 0 Å². The SMILES string of the molecule is Fc1cc(Cl)c(NC2=NCCC2)c(Cl)c1. The number of anilines is 1. The molecule has 0 spiro atoms. The van der Waals surface area contributed by atoms with Gasteiger partial charge in [-0.2, -0.15) is 0 Å². The van der Waals surface area contributed by atoms with Gasteiger partial charge in [0.15, 0.2) is 0 Å². The Morgan fingerprint density at radius 1 is 1.27 bits per heavy atom. The van der Waals surface area contributed by atoms with Crippen LogP contribution in [-0.4, -0.2) is 12.4 Å². The zero-order valence-corrected chi connectivity index (χ0v) is 9.37. The average molecular weight is 247 g/mol. The Labute approximate surface area is 97.1 Å². The van der Waals surface area contributed by atoms with E-state index in [1.807, 2.05) is 0 Å². The van der Waals surface area contributed by atoms with Crippen molar-refractivity contribution in [2.75, 3.05) is 11.9 Å². The van der Waals surface area contributed by atoms with E-state index in [1.165, 1.54) is 12.1 Å². The first kappa shape index (κ1) is 10.7. The fraction of sp³-hybridized carbons (Fsp3) is 0.300. The van der Waals surface area contributed by atoms with Crippen LogP contribution in [0.4, 0.5) is 10.1 Å². The molecule has 0 radical (unpaired) electrons.